The highest BCUT2D eigenvalue weighted by atomic mass is 35.5. The summed E-state index contributed by atoms with van der Waals surface area (Å²) >= 11 is 6.11. The zero-order valence-electron chi connectivity index (χ0n) is 13.4. The van der Waals surface area contributed by atoms with Crippen molar-refractivity contribution in [2.75, 3.05) is 18.4 Å². The van der Waals surface area contributed by atoms with Gasteiger partial charge in [-0.25, -0.2) is 9.78 Å². The fourth-order valence-corrected chi connectivity index (χ4v) is 2.28. The van der Waals surface area contributed by atoms with E-state index in [1.165, 1.54) is 0 Å². The van der Waals surface area contributed by atoms with Gasteiger partial charge in [-0.2, -0.15) is 0 Å². The van der Waals surface area contributed by atoms with Gasteiger partial charge in [0.15, 0.2) is 0 Å². The van der Waals surface area contributed by atoms with Crippen LogP contribution in [0.1, 0.15) is 29.4 Å². The quantitative estimate of drug-likeness (QED) is 0.618. The number of nitrogens with one attached hydrogen (secondary N) is 4. The van der Waals surface area contributed by atoms with Crippen molar-refractivity contribution in [1.29, 1.82) is 0 Å². The predicted molar refractivity (Wildman–Crippen MR) is 93.4 cm³/mol. The lowest BCUT2D eigenvalue weighted by Crippen LogP contribution is -2.30. The smallest absolute Gasteiger partial charge is 0.319 e. The van der Waals surface area contributed by atoms with Crippen molar-refractivity contribution in [1.82, 2.24) is 20.6 Å². The molecule has 4 N–H and O–H groups in total. The number of H-pyrrole nitrogens is 1. The lowest BCUT2D eigenvalue weighted by molar-refractivity contribution is 0.0954. The molecule has 0 fully saturated rings. The number of rotatable bonds is 7. The van der Waals surface area contributed by atoms with E-state index in [4.69, 9.17) is 11.6 Å². The van der Waals surface area contributed by atoms with E-state index in [0.29, 0.717) is 35.8 Å². The van der Waals surface area contributed by atoms with Crippen LogP contribution in [0.3, 0.4) is 0 Å². The molecular formula is C16H20ClN5O2. The van der Waals surface area contributed by atoms with Crippen LogP contribution in [0, 0.1) is 0 Å². The first-order chi connectivity index (χ1) is 11.6. The standard InChI is InChI=1S/C16H20ClN5O2/c1-2-6-19-15(23)13-4-3-11(8-14(13)17)22-16(24)20-7-5-12-9-18-10-21-12/h3-4,8-10H,2,5-7H2,1H3,(H,18,21)(H,19,23)(H2,20,22,24). The summed E-state index contributed by atoms with van der Waals surface area (Å²) in [5, 5.41) is 8.46. The van der Waals surface area contributed by atoms with E-state index in [2.05, 4.69) is 25.9 Å². The van der Waals surface area contributed by atoms with Gasteiger partial charge in [-0.1, -0.05) is 18.5 Å². The van der Waals surface area contributed by atoms with Crippen molar-refractivity contribution < 1.29 is 9.59 Å². The Bertz CT molecular complexity index is 688. The molecule has 1 aromatic carbocycles. The number of urea groups is 1. The molecule has 8 heteroatoms. The second-order valence-electron chi connectivity index (χ2n) is 5.16. The average molecular weight is 350 g/mol. The molecule has 0 atom stereocenters. The molecule has 3 amide bonds. The number of nitrogens with zero attached hydrogens (tertiary/aromatic N) is 1. The van der Waals surface area contributed by atoms with Crippen molar-refractivity contribution in [2.24, 2.45) is 0 Å². The third-order valence-corrected chi connectivity index (χ3v) is 3.55. The van der Waals surface area contributed by atoms with Crippen LogP contribution < -0.4 is 16.0 Å². The summed E-state index contributed by atoms with van der Waals surface area (Å²) in [5.41, 5.74) is 1.85. The Morgan fingerprint density at radius 3 is 2.75 bits per heavy atom. The number of aromatic amines is 1. The number of imidazole rings is 1. The van der Waals surface area contributed by atoms with Crippen LogP contribution in [0.25, 0.3) is 0 Å². The second-order valence-corrected chi connectivity index (χ2v) is 5.57. The van der Waals surface area contributed by atoms with Gasteiger partial charge in [0, 0.05) is 37.1 Å². The summed E-state index contributed by atoms with van der Waals surface area (Å²) in [6.45, 7) is 3.03. The molecule has 0 saturated carbocycles. The highest BCUT2D eigenvalue weighted by molar-refractivity contribution is 6.34. The third kappa shape index (κ3) is 5.27. The summed E-state index contributed by atoms with van der Waals surface area (Å²) in [6.07, 6.45) is 4.81. The van der Waals surface area contributed by atoms with E-state index < -0.39 is 0 Å². The summed E-state index contributed by atoms with van der Waals surface area (Å²) in [5.74, 6) is -0.225. The number of aromatic nitrogens is 2. The molecule has 0 aliphatic rings. The van der Waals surface area contributed by atoms with Crippen molar-refractivity contribution in [2.45, 2.75) is 19.8 Å². The predicted octanol–water partition coefficient (Wildman–Crippen LogP) is 2.57. The van der Waals surface area contributed by atoms with E-state index in [1.54, 1.807) is 30.7 Å². The van der Waals surface area contributed by atoms with Crippen LogP contribution in [0.4, 0.5) is 10.5 Å². The zero-order chi connectivity index (χ0) is 17.4. The van der Waals surface area contributed by atoms with Crippen LogP contribution >= 0.6 is 11.6 Å². The molecule has 0 aliphatic carbocycles. The van der Waals surface area contributed by atoms with Crippen molar-refractivity contribution in [3.63, 3.8) is 0 Å². The number of amides is 3. The van der Waals surface area contributed by atoms with Gasteiger partial charge in [0.25, 0.3) is 5.91 Å². The third-order valence-electron chi connectivity index (χ3n) is 3.24. The maximum absolute atomic E-state index is 11.9. The number of benzene rings is 1. The Kier molecular flexibility index (Phi) is 6.62. The van der Waals surface area contributed by atoms with Crippen LogP contribution in [-0.4, -0.2) is 35.0 Å². The van der Waals surface area contributed by atoms with Gasteiger partial charge in [-0.15, -0.1) is 0 Å². The van der Waals surface area contributed by atoms with Gasteiger partial charge < -0.3 is 20.9 Å². The summed E-state index contributed by atoms with van der Waals surface area (Å²) in [4.78, 5) is 30.6. The molecule has 1 aromatic heterocycles. The maximum atomic E-state index is 11.9. The largest absolute Gasteiger partial charge is 0.352 e. The first-order valence-corrected chi connectivity index (χ1v) is 8.07. The Hall–Kier alpha value is -2.54. The zero-order valence-corrected chi connectivity index (χ0v) is 14.1. The highest BCUT2D eigenvalue weighted by Crippen LogP contribution is 2.21. The second kappa shape index (κ2) is 8.93. The Balaban J connectivity index is 1.84. The van der Waals surface area contributed by atoms with Crippen molar-refractivity contribution in [3.8, 4) is 0 Å². The molecule has 0 bridgehead atoms. The fraction of sp³-hybridized carbons (Fsp3) is 0.312. The van der Waals surface area contributed by atoms with Gasteiger partial charge in [0.2, 0.25) is 0 Å². The molecule has 1 heterocycles. The van der Waals surface area contributed by atoms with Crippen molar-refractivity contribution in [3.05, 3.63) is 47.0 Å². The minimum Gasteiger partial charge on any atom is -0.352 e. The lowest BCUT2D eigenvalue weighted by atomic mass is 10.2. The summed E-state index contributed by atoms with van der Waals surface area (Å²) in [7, 11) is 0. The van der Waals surface area contributed by atoms with E-state index in [-0.39, 0.29) is 11.9 Å². The SMILES string of the molecule is CCCNC(=O)c1ccc(NC(=O)NCCc2cnc[nH]2)cc1Cl. The summed E-state index contributed by atoms with van der Waals surface area (Å²) < 4.78 is 0. The van der Waals surface area contributed by atoms with Gasteiger partial charge in [-0.05, 0) is 24.6 Å². The number of halogens is 1. The monoisotopic (exact) mass is 349 g/mol. The first-order valence-electron chi connectivity index (χ1n) is 7.70. The van der Waals surface area contributed by atoms with Crippen LogP contribution in [0.5, 0.6) is 0 Å². The molecule has 128 valence electrons. The van der Waals surface area contributed by atoms with Gasteiger partial charge >= 0.3 is 6.03 Å². The molecule has 0 unspecified atom stereocenters. The number of hydrogen-bond acceptors (Lipinski definition) is 3. The minimum absolute atomic E-state index is 0.225. The Labute approximate surface area is 145 Å². The fourth-order valence-electron chi connectivity index (χ4n) is 2.02. The van der Waals surface area contributed by atoms with E-state index >= 15 is 0 Å². The van der Waals surface area contributed by atoms with Crippen LogP contribution in [-0.2, 0) is 6.42 Å². The molecule has 2 rings (SSSR count). The maximum Gasteiger partial charge on any atom is 0.319 e. The topological polar surface area (TPSA) is 98.9 Å². The molecule has 7 nitrogen and oxygen atoms in total. The highest BCUT2D eigenvalue weighted by Gasteiger charge is 2.11. The molecule has 0 saturated heterocycles. The minimum atomic E-state index is -0.339. The van der Waals surface area contributed by atoms with E-state index in [1.807, 2.05) is 6.92 Å². The van der Waals surface area contributed by atoms with Crippen LogP contribution in [0.2, 0.25) is 5.02 Å². The average Bonchev–Trinajstić information content (AvgIpc) is 3.06. The lowest BCUT2D eigenvalue weighted by Gasteiger charge is -2.10. The Morgan fingerprint density at radius 1 is 1.25 bits per heavy atom. The van der Waals surface area contributed by atoms with E-state index in [9.17, 15) is 9.59 Å². The van der Waals surface area contributed by atoms with Gasteiger partial charge in [0.05, 0.1) is 16.9 Å². The van der Waals surface area contributed by atoms with Crippen molar-refractivity contribution >= 4 is 29.2 Å². The molecule has 0 aliphatic heterocycles. The number of hydrogen-bond donors (Lipinski definition) is 4. The first kappa shape index (κ1) is 17.8. The van der Waals surface area contributed by atoms with Gasteiger partial charge in [0.1, 0.15) is 0 Å². The van der Waals surface area contributed by atoms with Crippen LogP contribution in [0.15, 0.2) is 30.7 Å². The van der Waals surface area contributed by atoms with E-state index in [0.717, 1.165) is 12.1 Å². The normalized spacial score (nSPS) is 10.2. The number of carbonyl (C=O) groups excluding carboxylic acids is 2. The molecular weight excluding hydrogens is 330 g/mol. The number of anilines is 1. The number of carbonyl (C=O) groups is 2. The molecule has 0 radical (unpaired) electrons. The summed E-state index contributed by atoms with van der Waals surface area (Å²) in [6, 6.07) is 4.44. The van der Waals surface area contributed by atoms with Gasteiger partial charge in [-0.3, -0.25) is 4.79 Å². The Morgan fingerprint density at radius 2 is 2.08 bits per heavy atom. The molecule has 2 aromatic rings. The molecule has 0 spiro atoms. The molecule has 24 heavy (non-hydrogen) atoms.